The number of hydrogen-bond donors (Lipinski definition) is 1. The fourth-order valence-electron chi connectivity index (χ4n) is 3.35. The predicted octanol–water partition coefficient (Wildman–Crippen LogP) is 4.05. The summed E-state index contributed by atoms with van der Waals surface area (Å²) in [5.41, 5.74) is 7.42. The minimum absolute atomic E-state index is 0.0141. The Balaban J connectivity index is 2.20. The number of hydrogen-bond acceptors (Lipinski definition) is 2. The molecule has 1 aromatic carbocycles. The van der Waals surface area contributed by atoms with Crippen LogP contribution in [0.5, 0.6) is 5.75 Å². The highest BCUT2D eigenvalue weighted by Crippen LogP contribution is 2.39. The van der Waals surface area contributed by atoms with E-state index in [9.17, 15) is 4.39 Å². The quantitative estimate of drug-likeness (QED) is 0.891. The average Bonchev–Trinajstić information content (AvgIpc) is 2.47. The Hall–Kier alpha value is -1.09. The van der Waals surface area contributed by atoms with E-state index in [1.54, 1.807) is 12.1 Å². The molecule has 3 atom stereocenters. The maximum atomic E-state index is 13.5. The summed E-state index contributed by atoms with van der Waals surface area (Å²) in [5, 5.41) is 0. The Morgan fingerprint density at radius 1 is 1.37 bits per heavy atom. The lowest BCUT2D eigenvalue weighted by atomic mass is 9.72. The van der Waals surface area contributed by atoms with E-state index in [0.717, 1.165) is 5.56 Å². The van der Waals surface area contributed by atoms with E-state index in [4.69, 9.17) is 10.5 Å². The first-order valence-corrected chi connectivity index (χ1v) is 7.26. The molecule has 0 spiro atoms. The largest absolute Gasteiger partial charge is 0.494 e. The molecule has 0 radical (unpaired) electrons. The second-order valence-electron chi connectivity index (χ2n) is 5.54. The predicted molar refractivity (Wildman–Crippen MR) is 75.6 cm³/mol. The van der Waals surface area contributed by atoms with Crippen molar-refractivity contribution >= 4 is 0 Å². The SMILES string of the molecule is CCC1CCCCC1C(N)c1ccc(F)c(OC)c1. The molecule has 1 aliphatic carbocycles. The number of halogens is 1. The molecule has 19 heavy (non-hydrogen) atoms. The van der Waals surface area contributed by atoms with Gasteiger partial charge < -0.3 is 10.5 Å². The summed E-state index contributed by atoms with van der Waals surface area (Å²) < 4.78 is 18.5. The van der Waals surface area contributed by atoms with Crippen LogP contribution in [0.2, 0.25) is 0 Å². The van der Waals surface area contributed by atoms with Gasteiger partial charge in [0.15, 0.2) is 11.6 Å². The van der Waals surface area contributed by atoms with Gasteiger partial charge >= 0.3 is 0 Å². The third kappa shape index (κ3) is 3.08. The van der Waals surface area contributed by atoms with Gasteiger partial charge in [-0.05, 0) is 36.0 Å². The molecule has 2 nitrogen and oxygen atoms in total. The molecule has 2 rings (SSSR count). The van der Waals surface area contributed by atoms with Gasteiger partial charge in [0.05, 0.1) is 7.11 Å². The van der Waals surface area contributed by atoms with Crippen molar-refractivity contribution in [2.24, 2.45) is 17.6 Å². The number of ether oxygens (including phenoxy) is 1. The Kier molecular flexibility index (Phi) is 4.81. The van der Waals surface area contributed by atoms with Crippen molar-refractivity contribution in [3.05, 3.63) is 29.6 Å². The summed E-state index contributed by atoms with van der Waals surface area (Å²) in [5.74, 6) is 1.17. The molecule has 1 aromatic rings. The molecule has 1 saturated carbocycles. The summed E-state index contributed by atoms with van der Waals surface area (Å²) in [6.45, 7) is 2.24. The zero-order valence-corrected chi connectivity index (χ0v) is 11.9. The minimum Gasteiger partial charge on any atom is -0.494 e. The number of rotatable bonds is 4. The Labute approximate surface area is 115 Å². The van der Waals surface area contributed by atoms with Crippen LogP contribution in [-0.2, 0) is 0 Å². The number of methoxy groups -OCH3 is 1. The lowest BCUT2D eigenvalue weighted by Crippen LogP contribution is -2.30. The van der Waals surface area contributed by atoms with E-state index in [0.29, 0.717) is 11.8 Å². The van der Waals surface area contributed by atoms with Crippen molar-refractivity contribution in [2.45, 2.75) is 45.1 Å². The Morgan fingerprint density at radius 2 is 2.11 bits per heavy atom. The van der Waals surface area contributed by atoms with Crippen molar-refractivity contribution in [1.29, 1.82) is 0 Å². The molecule has 0 amide bonds. The van der Waals surface area contributed by atoms with Gasteiger partial charge in [-0.25, -0.2) is 4.39 Å². The molecular weight excluding hydrogens is 241 g/mol. The Morgan fingerprint density at radius 3 is 2.79 bits per heavy atom. The molecule has 0 aromatic heterocycles. The lowest BCUT2D eigenvalue weighted by molar-refractivity contribution is 0.196. The summed E-state index contributed by atoms with van der Waals surface area (Å²) in [6.07, 6.45) is 6.20. The van der Waals surface area contributed by atoms with E-state index in [2.05, 4.69) is 6.92 Å². The fraction of sp³-hybridized carbons (Fsp3) is 0.625. The smallest absolute Gasteiger partial charge is 0.165 e. The molecule has 0 heterocycles. The maximum Gasteiger partial charge on any atom is 0.165 e. The van der Waals surface area contributed by atoms with Gasteiger partial charge in [-0.3, -0.25) is 0 Å². The standard InChI is InChI=1S/C16H24FNO/c1-3-11-6-4-5-7-13(11)16(18)12-8-9-14(17)15(10-12)19-2/h8-11,13,16H,3-7,18H2,1-2H3. The van der Waals surface area contributed by atoms with E-state index >= 15 is 0 Å². The summed E-state index contributed by atoms with van der Waals surface area (Å²) in [7, 11) is 1.49. The summed E-state index contributed by atoms with van der Waals surface area (Å²) in [6, 6.07) is 4.99. The van der Waals surface area contributed by atoms with Crippen LogP contribution >= 0.6 is 0 Å². The molecule has 106 valence electrons. The van der Waals surface area contributed by atoms with Gasteiger partial charge in [-0.2, -0.15) is 0 Å². The van der Waals surface area contributed by atoms with E-state index in [1.165, 1.54) is 45.3 Å². The topological polar surface area (TPSA) is 35.2 Å². The molecule has 3 heteroatoms. The van der Waals surface area contributed by atoms with Crippen molar-refractivity contribution in [2.75, 3.05) is 7.11 Å². The van der Waals surface area contributed by atoms with E-state index in [1.807, 2.05) is 0 Å². The monoisotopic (exact) mass is 265 g/mol. The molecule has 3 unspecified atom stereocenters. The van der Waals surface area contributed by atoms with Crippen LogP contribution in [0.15, 0.2) is 18.2 Å². The highest BCUT2D eigenvalue weighted by molar-refractivity contribution is 5.32. The second-order valence-corrected chi connectivity index (χ2v) is 5.54. The van der Waals surface area contributed by atoms with Gasteiger partial charge in [-0.1, -0.05) is 38.7 Å². The van der Waals surface area contributed by atoms with Gasteiger partial charge in [0, 0.05) is 6.04 Å². The minimum atomic E-state index is -0.325. The Bertz CT molecular complexity index is 421. The average molecular weight is 265 g/mol. The van der Waals surface area contributed by atoms with Crippen molar-refractivity contribution in [3.8, 4) is 5.75 Å². The van der Waals surface area contributed by atoms with E-state index in [-0.39, 0.29) is 17.6 Å². The maximum absolute atomic E-state index is 13.5. The van der Waals surface area contributed by atoms with Crippen LogP contribution in [0.3, 0.4) is 0 Å². The van der Waals surface area contributed by atoms with Gasteiger partial charge in [-0.15, -0.1) is 0 Å². The third-order valence-corrected chi connectivity index (χ3v) is 4.51. The fourth-order valence-corrected chi connectivity index (χ4v) is 3.35. The van der Waals surface area contributed by atoms with Crippen LogP contribution in [-0.4, -0.2) is 7.11 Å². The molecule has 0 aliphatic heterocycles. The zero-order valence-electron chi connectivity index (χ0n) is 11.9. The normalized spacial score (nSPS) is 25.1. The molecule has 1 aliphatic rings. The van der Waals surface area contributed by atoms with Gasteiger partial charge in [0.2, 0.25) is 0 Å². The zero-order chi connectivity index (χ0) is 13.8. The lowest BCUT2D eigenvalue weighted by Gasteiger charge is -2.35. The highest BCUT2D eigenvalue weighted by atomic mass is 19.1. The third-order valence-electron chi connectivity index (χ3n) is 4.51. The van der Waals surface area contributed by atoms with Crippen LogP contribution < -0.4 is 10.5 Å². The molecule has 1 fully saturated rings. The van der Waals surface area contributed by atoms with E-state index < -0.39 is 0 Å². The molecule has 0 saturated heterocycles. The van der Waals surface area contributed by atoms with Gasteiger partial charge in [0.1, 0.15) is 0 Å². The number of benzene rings is 1. The summed E-state index contributed by atoms with van der Waals surface area (Å²) >= 11 is 0. The second kappa shape index (κ2) is 6.38. The van der Waals surface area contributed by atoms with Crippen LogP contribution in [0.4, 0.5) is 4.39 Å². The van der Waals surface area contributed by atoms with Crippen molar-refractivity contribution in [3.63, 3.8) is 0 Å². The van der Waals surface area contributed by atoms with Gasteiger partial charge in [0.25, 0.3) is 0 Å². The number of nitrogens with two attached hydrogens (primary N) is 1. The molecule has 2 N–H and O–H groups in total. The first kappa shape index (κ1) is 14.3. The first-order chi connectivity index (χ1) is 9.17. The van der Waals surface area contributed by atoms with Crippen molar-refractivity contribution in [1.82, 2.24) is 0 Å². The molecular formula is C16H24FNO. The summed E-state index contributed by atoms with van der Waals surface area (Å²) in [4.78, 5) is 0. The molecule has 0 bridgehead atoms. The van der Waals surface area contributed by atoms with Crippen LogP contribution in [0.1, 0.15) is 50.6 Å². The van der Waals surface area contributed by atoms with Crippen molar-refractivity contribution < 1.29 is 9.13 Å². The van der Waals surface area contributed by atoms with Crippen LogP contribution in [0.25, 0.3) is 0 Å². The highest BCUT2D eigenvalue weighted by Gasteiger charge is 2.29. The van der Waals surface area contributed by atoms with Crippen LogP contribution in [0, 0.1) is 17.7 Å². The first-order valence-electron chi connectivity index (χ1n) is 7.26.